The highest BCUT2D eigenvalue weighted by atomic mass is 16.5. The number of carbonyl (C=O) groups is 2. The molecule has 0 fully saturated rings. The van der Waals surface area contributed by atoms with Gasteiger partial charge in [0.05, 0.1) is 0 Å². The minimum Gasteiger partial charge on any atom is -0.478 e. The highest BCUT2D eigenvalue weighted by Gasteiger charge is 2.45. The number of hydrogen-bond donors (Lipinski definition) is 2. The number of ether oxygens (including phenoxy) is 1. The van der Waals surface area contributed by atoms with Crippen LogP contribution in [0.25, 0.3) is 0 Å². The summed E-state index contributed by atoms with van der Waals surface area (Å²) in [7, 11) is 1.42. The molecule has 1 aromatic carbocycles. The lowest BCUT2D eigenvalue weighted by Gasteiger charge is -2.38. The molecule has 168 valence electrons. The van der Waals surface area contributed by atoms with Crippen molar-refractivity contribution in [1.29, 1.82) is 0 Å². The normalized spacial score (nSPS) is 13.7. The van der Waals surface area contributed by atoms with Crippen molar-refractivity contribution in [3.8, 4) is 0 Å². The highest BCUT2D eigenvalue weighted by molar-refractivity contribution is 5.79. The first-order valence-corrected chi connectivity index (χ1v) is 10.9. The Morgan fingerprint density at radius 1 is 1.17 bits per heavy atom. The van der Waals surface area contributed by atoms with Crippen LogP contribution in [0.3, 0.4) is 0 Å². The molecule has 0 saturated heterocycles. The lowest BCUT2D eigenvalue weighted by atomic mass is 9.98. The first kappa shape index (κ1) is 25.9. The fraction of sp³-hybridized carbons (Fsp3) is 0.583. The van der Waals surface area contributed by atoms with Gasteiger partial charge in [0, 0.05) is 25.6 Å². The number of likely N-dealkylation sites (N-methyl/N-ethyl adjacent to an activating group) is 1. The molecule has 0 aliphatic rings. The number of allylic oxidation sites excluding steroid dienone is 2. The van der Waals surface area contributed by atoms with Gasteiger partial charge in [-0.3, -0.25) is 9.69 Å². The highest BCUT2D eigenvalue weighted by Crippen LogP contribution is 2.30. The zero-order valence-electron chi connectivity index (χ0n) is 19.1. The second-order valence-corrected chi connectivity index (χ2v) is 7.72. The maximum atomic E-state index is 12.1. The summed E-state index contributed by atoms with van der Waals surface area (Å²) in [6, 6.07) is 7.20. The smallest absolute Gasteiger partial charge is 0.356 e. The Morgan fingerprint density at radius 3 is 2.30 bits per heavy atom. The van der Waals surface area contributed by atoms with Crippen LogP contribution in [0.5, 0.6) is 0 Å². The summed E-state index contributed by atoms with van der Waals surface area (Å²) in [5.41, 5.74) is -0.0393. The van der Waals surface area contributed by atoms with Crippen molar-refractivity contribution in [2.75, 3.05) is 20.2 Å². The molecule has 6 nitrogen and oxygen atoms in total. The van der Waals surface area contributed by atoms with E-state index in [-0.39, 0.29) is 5.91 Å². The second-order valence-electron chi connectivity index (χ2n) is 7.72. The molecule has 0 spiro atoms. The number of unbranched alkanes of at least 4 members (excludes halogenated alkanes) is 2. The average molecular weight is 419 g/mol. The van der Waals surface area contributed by atoms with Crippen molar-refractivity contribution in [2.24, 2.45) is 5.92 Å². The van der Waals surface area contributed by atoms with Crippen molar-refractivity contribution in [1.82, 2.24) is 10.2 Å². The molecule has 1 rings (SSSR count). The number of hydrogen-bond acceptors (Lipinski definition) is 4. The Bertz CT molecular complexity index is 681. The molecule has 1 unspecified atom stereocenters. The zero-order chi connectivity index (χ0) is 22.6. The summed E-state index contributed by atoms with van der Waals surface area (Å²) in [6.07, 6.45) is 7.76. The third kappa shape index (κ3) is 7.26. The molecule has 2 N–H and O–H groups in total. The van der Waals surface area contributed by atoms with Gasteiger partial charge in [-0.2, -0.15) is 0 Å². The van der Waals surface area contributed by atoms with Gasteiger partial charge in [0.25, 0.3) is 0 Å². The van der Waals surface area contributed by atoms with Crippen LogP contribution >= 0.6 is 0 Å². The van der Waals surface area contributed by atoms with Gasteiger partial charge in [0.2, 0.25) is 11.6 Å². The standard InChI is InChI=1S/C24H38N2O4/c1-6-26(7-2)24(30-5,23(28)29)21-16-14-20(15-17-21)18-25-22(27)13-11-9-8-10-12-19(3)4/h10,12,14-17,19H,6-9,11,13,18H2,1-5H3,(H,25,27)(H,28,29). The molecule has 0 heterocycles. The third-order valence-electron chi connectivity index (χ3n) is 5.17. The molecule has 0 radical (unpaired) electrons. The van der Waals surface area contributed by atoms with Gasteiger partial charge in [0.15, 0.2) is 0 Å². The van der Waals surface area contributed by atoms with Crippen molar-refractivity contribution < 1.29 is 19.4 Å². The Morgan fingerprint density at radius 2 is 1.80 bits per heavy atom. The third-order valence-corrected chi connectivity index (χ3v) is 5.17. The summed E-state index contributed by atoms with van der Waals surface area (Å²) in [6.45, 7) is 9.62. The fourth-order valence-electron chi connectivity index (χ4n) is 3.50. The van der Waals surface area contributed by atoms with Crippen LogP contribution < -0.4 is 5.32 Å². The number of carbonyl (C=O) groups excluding carboxylic acids is 1. The number of nitrogens with one attached hydrogen (secondary N) is 1. The minimum atomic E-state index is -1.52. The van der Waals surface area contributed by atoms with Gasteiger partial charge in [-0.15, -0.1) is 0 Å². The van der Waals surface area contributed by atoms with Crippen LogP contribution in [0.2, 0.25) is 0 Å². The molecule has 1 aromatic rings. The number of amides is 1. The van der Waals surface area contributed by atoms with E-state index in [1.54, 1.807) is 17.0 Å². The molecule has 0 bridgehead atoms. The number of carboxylic acid groups (broad SMARTS) is 1. The molecule has 0 saturated carbocycles. The number of methoxy groups -OCH3 is 1. The van der Waals surface area contributed by atoms with Crippen LogP contribution in [0.4, 0.5) is 0 Å². The minimum absolute atomic E-state index is 0.0341. The molecule has 30 heavy (non-hydrogen) atoms. The molecule has 0 aliphatic heterocycles. The van der Waals surface area contributed by atoms with Crippen molar-refractivity contribution in [3.63, 3.8) is 0 Å². The Balaban J connectivity index is 2.63. The van der Waals surface area contributed by atoms with E-state index >= 15 is 0 Å². The van der Waals surface area contributed by atoms with Crippen molar-refractivity contribution in [3.05, 3.63) is 47.5 Å². The number of aliphatic carboxylic acids is 1. The summed E-state index contributed by atoms with van der Waals surface area (Å²) in [5.74, 6) is -0.443. The van der Waals surface area contributed by atoms with Gasteiger partial charge in [-0.25, -0.2) is 4.79 Å². The Hall–Kier alpha value is -2.18. The lowest BCUT2D eigenvalue weighted by molar-refractivity contribution is -0.194. The summed E-state index contributed by atoms with van der Waals surface area (Å²) < 4.78 is 5.50. The van der Waals surface area contributed by atoms with Crippen LogP contribution in [0.1, 0.15) is 64.5 Å². The molecule has 6 heteroatoms. The SMILES string of the molecule is CCN(CC)C(OC)(C(=O)O)c1ccc(CNC(=O)CCCCC=CC(C)C)cc1. The van der Waals surface area contributed by atoms with Crippen LogP contribution in [0, 0.1) is 5.92 Å². The predicted octanol–water partition coefficient (Wildman–Crippen LogP) is 4.30. The number of benzene rings is 1. The van der Waals surface area contributed by atoms with E-state index in [1.165, 1.54) is 7.11 Å². The Kier molecular flexibility index (Phi) is 11.4. The van der Waals surface area contributed by atoms with E-state index in [0.29, 0.717) is 37.5 Å². The largest absolute Gasteiger partial charge is 0.478 e. The van der Waals surface area contributed by atoms with Gasteiger partial charge in [-0.05, 0) is 43.8 Å². The van der Waals surface area contributed by atoms with Crippen LogP contribution in [-0.4, -0.2) is 42.1 Å². The lowest BCUT2D eigenvalue weighted by Crippen LogP contribution is -2.53. The first-order valence-electron chi connectivity index (χ1n) is 10.9. The zero-order valence-corrected chi connectivity index (χ0v) is 19.1. The topological polar surface area (TPSA) is 78.9 Å². The van der Waals surface area contributed by atoms with Gasteiger partial charge >= 0.3 is 5.97 Å². The van der Waals surface area contributed by atoms with Crippen molar-refractivity contribution in [2.45, 2.75) is 65.6 Å². The van der Waals surface area contributed by atoms with Gasteiger partial charge < -0.3 is 15.2 Å². The second kappa shape index (κ2) is 13.2. The summed E-state index contributed by atoms with van der Waals surface area (Å²) >= 11 is 0. The summed E-state index contributed by atoms with van der Waals surface area (Å²) in [4.78, 5) is 25.9. The molecule has 1 amide bonds. The van der Waals surface area contributed by atoms with Crippen LogP contribution in [-0.2, 0) is 26.6 Å². The molecule has 0 aromatic heterocycles. The maximum Gasteiger partial charge on any atom is 0.356 e. The van der Waals surface area contributed by atoms with E-state index in [1.807, 2.05) is 26.0 Å². The van der Waals surface area contributed by atoms with E-state index < -0.39 is 11.7 Å². The van der Waals surface area contributed by atoms with Crippen LogP contribution in [0.15, 0.2) is 36.4 Å². The number of rotatable bonds is 14. The van der Waals surface area contributed by atoms with Gasteiger partial charge in [-0.1, -0.05) is 64.1 Å². The quantitative estimate of drug-likeness (QED) is 0.267. The first-order chi connectivity index (χ1) is 14.3. The Labute approximate surface area is 181 Å². The molecular formula is C24H38N2O4. The molecule has 1 atom stereocenters. The fourth-order valence-corrected chi connectivity index (χ4v) is 3.50. The predicted molar refractivity (Wildman–Crippen MR) is 120 cm³/mol. The summed E-state index contributed by atoms with van der Waals surface area (Å²) in [5, 5.41) is 12.8. The average Bonchev–Trinajstić information content (AvgIpc) is 2.73. The maximum absolute atomic E-state index is 12.1. The van der Waals surface area contributed by atoms with E-state index in [0.717, 1.165) is 24.8 Å². The molecule has 0 aliphatic carbocycles. The van der Waals surface area contributed by atoms with E-state index in [2.05, 4.69) is 31.3 Å². The number of carboxylic acids is 1. The van der Waals surface area contributed by atoms with E-state index in [9.17, 15) is 14.7 Å². The van der Waals surface area contributed by atoms with E-state index in [4.69, 9.17) is 4.74 Å². The molecular weight excluding hydrogens is 380 g/mol. The van der Waals surface area contributed by atoms with Crippen molar-refractivity contribution >= 4 is 11.9 Å². The monoisotopic (exact) mass is 418 g/mol. The van der Waals surface area contributed by atoms with Gasteiger partial charge in [0.1, 0.15) is 0 Å². The number of nitrogens with zero attached hydrogens (tertiary/aromatic N) is 1.